The average Bonchev–Trinajstić information content (AvgIpc) is 2.02. The van der Waals surface area contributed by atoms with Crippen LogP contribution < -0.4 is 5.73 Å². The molecule has 3 heteroatoms. The molecule has 1 saturated heterocycles. The lowest BCUT2D eigenvalue weighted by atomic mass is 9.89. The van der Waals surface area contributed by atoms with Crippen molar-refractivity contribution in [2.75, 3.05) is 13.2 Å². The summed E-state index contributed by atoms with van der Waals surface area (Å²) in [5.74, 6) is 0. The third-order valence-electron chi connectivity index (χ3n) is 2.07. The second kappa shape index (κ2) is 3.44. The molecular formula is C9H12ClNO. The SMILES string of the molecule is Cl.NC1(c2ccccc2)COC1. The van der Waals surface area contributed by atoms with Crippen molar-refractivity contribution in [2.24, 2.45) is 5.73 Å². The van der Waals surface area contributed by atoms with Gasteiger partial charge in [-0.25, -0.2) is 0 Å². The summed E-state index contributed by atoms with van der Waals surface area (Å²) in [6.45, 7) is 1.30. The number of halogens is 1. The third kappa shape index (κ3) is 1.46. The molecule has 1 fully saturated rings. The van der Waals surface area contributed by atoms with Gasteiger partial charge in [0.1, 0.15) is 0 Å². The van der Waals surface area contributed by atoms with E-state index in [4.69, 9.17) is 10.5 Å². The Hall–Kier alpha value is -0.570. The Bertz CT molecular complexity index is 246. The van der Waals surface area contributed by atoms with Gasteiger partial charge in [-0.1, -0.05) is 30.3 Å². The fourth-order valence-corrected chi connectivity index (χ4v) is 1.26. The van der Waals surface area contributed by atoms with Crippen LogP contribution >= 0.6 is 12.4 Å². The Morgan fingerprint density at radius 3 is 2.17 bits per heavy atom. The van der Waals surface area contributed by atoms with E-state index in [1.165, 1.54) is 5.56 Å². The summed E-state index contributed by atoms with van der Waals surface area (Å²) in [5, 5.41) is 0. The summed E-state index contributed by atoms with van der Waals surface area (Å²) in [5.41, 5.74) is 6.96. The van der Waals surface area contributed by atoms with Gasteiger partial charge in [-0.2, -0.15) is 0 Å². The topological polar surface area (TPSA) is 35.2 Å². The molecule has 66 valence electrons. The Balaban J connectivity index is 0.000000720. The summed E-state index contributed by atoms with van der Waals surface area (Å²) >= 11 is 0. The zero-order valence-corrected chi connectivity index (χ0v) is 7.51. The third-order valence-corrected chi connectivity index (χ3v) is 2.07. The summed E-state index contributed by atoms with van der Waals surface area (Å²) in [6, 6.07) is 10.1. The molecule has 1 aliphatic rings. The Morgan fingerprint density at radius 2 is 1.75 bits per heavy atom. The maximum absolute atomic E-state index is 6.00. The van der Waals surface area contributed by atoms with E-state index in [1.54, 1.807) is 0 Å². The fourth-order valence-electron chi connectivity index (χ4n) is 1.26. The summed E-state index contributed by atoms with van der Waals surface area (Å²) < 4.78 is 5.07. The van der Waals surface area contributed by atoms with Gasteiger partial charge in [0.15, 0.2) is 0 Å². The molecule has 2 rings (SSSR count). The zero-order valence-electron chi connectivity index (χ0n) is 6.69. The Labute approximate surface area is 78.1 Å². The Morgan fingerprint density at radius 1 is 1.17 bits per heavy atom. The quantitative estimate of drug-likeness (QED) is 0.716. The molecule has 12 heavy (non-hydrogen) atoms. The first-order valence-electron chi connectivity index (χ1n) is 3.73. The minimum Gasteiger partial charge on any atom is -0.377 e. The molecule has 1 heterocycles. The first-order valence-corrected chi connectivity index (χ1v) is 3.73. The molecule has 0 atom stereocenters. The van der Waals surface area contributed by atoms with Crippen LogP contribution in [0, 0.1) is 0 Å². The van der Waals surface area contributed by atoms with E-state index >= 15 is 0 Å². The maximum Gasteiger partial charge on any atom is 0.0883 e. The smallest absolute Gasteiger partial charge is 0.0883 e. The van der Waals surface area contributed by atoms with Crippen LogP contribution in [-0.2, 0) is 10.3 Å². The highest BCUT2D eigenvalue weighted by Crippen LogP contribution is 2.25. The average molecular weight is 186 g/mol. The van der Waals surface area contributed by atoms with Crippen LogP contribution in [-0.4, -0.2) is 13.2 Å². The van der Waals surface area contributed by atoms with Gasteiger partial charge < -0.3 is 10.5 Å². The standard InChI is InChI=1S/C9H11NO.ClH/c10-9(6-11-7-9)8-4-2-1-3-5-8;/h1-5H,6-7,10H2;1H. The molecule has 0 bridgehead atoms. The van der Waals surface area contributed by atoms with Crippen LogP contribution in [0.5, 0.6) is 0 Å². The first kappa shape index (κ1) is 9.52. The number of benzene rings is 1. The van der Waals surface area contributed by atoms with Crippen LogP contribution in [0.15, 0.2) is 30.3 Å². The second-order valence-corrected chi connectivity index (χ2v) is 3.01. The second-order valence-electron chi connectivity index (χ2n) is 3.01. The van der Waals surface area contributed by atoms with Crippen LogP contribution in [0.25, 0.3) is 0 Å². The molecule has 0 aliphatic carbocycles. The van der Waals surface area contributed by atoms with Crippen LogP contribution in [0.2, 0.25) is 0 Å². The monoisotopic (exact) mass is 185 g/mol. The van der Waals surface area contributed by atoms with E-state index in [-0.39, 0.29) is 17.9 Å². The fraction of sp³-hybridized carbons (Fsp3) is 0.333. The predicted octanol–water partition coefficient (Wildman–Crippen LogP) is 1.29. The molecule has 1 aromatic carbocycles. The van der Waals surface area contributed by atoms with E-state index in [0.29, 0.717) is 13.2 Å². The van der Waals surface area contributed by atoms with Crippen molar-refractivity contribution in [1.29, 1.82) is 0 Å². The molecule has 2 nitrogen and oxygen atoms in total. The van der Waals surface area contributed by atoms with Crippen LogP contribution in [0.1, 0.15) is 5.56 Å². The van der Waals surface area contributed by atoms with Crippen LogP contribution in [0.3, 0.4) is 0 Å². The molecule has 0 radical (unpaired) electrons. The first-order chi connectivity index (χ1) is 5.31. The number of hydrogen-bond acceptors (Lipinski definition) is 2. The van der Waals surface area contributed by atoms with Gasteiger partial charge in [0, 0.05) is 0 Å². The highest BCUT2D eigenvalue weighted by molar-refractivity contribution is 5.85. The molecule has 2 N–H and O–H groups in total. The molecule has 1 aromatic rings. The van der Waals surface area contributed by atoms with E-state index in [0.717, 1.165) is 0 Å². The van der Waals surface area contributed by atoms with Gasteiger partial charge in [0.25, 0.3) is 0 Å². The molecule has 1 aliphatic heterocycles. The van der Waals surface area contributed by atoms with Gasteiger partial charge in [0.2, 0.25) is 0 Å². The molecule has 0 unspecified atom stereocenters. The minimum atomic E-state index is -0.207. The van der Waals surface area contributed by atoms with Crippen molar-refractivity contribution < 1.29 is 4.74 Å². The highest BCUT2D eigenvalue weighted by atomic mass is 35.5. The van der Waals surface area contributed by atoms with E-state index in [1.807, 2.05) is 30.3 Å². The van der Waals surface area contributed by atoms with Gasteiger partial charge in [-0.05, 0) is 5.56 Å². The highest BCUT2D eigenvalue weighted by Gasteiger charge is 2.35. The summed E-state index contributed by atoms with van der Waals surface area (Å²) in [4.78, 5) is 0. The van der Waals surface area contributed by atoms with Crippen LogP contribution in [0.4, 0.5) is 0 Å². The summed E-state index contributed by atoms with van der Waals surface area (Å²) in [7, 11) is 0. The predicted molar refractivity (Wildman–Crippen MR) is 50.4 cm³/mol. The lowest BCUT2D eigenvalue weighted by Gasteiger charge is -2.38. The molecule has 0 saturated carbocycles. The largest absolute Gasteiger partial charge is 0.377 e. The van der Waals surface area contributed by atoms with Crippen molar-refractivity contribution in [3.8, 4) is 0 Å². The maximum atomic E-state index is 6.00. The van der Waals surface area contributed by atoms with Gasteiger partial charge in [-0.15, -0.1) is 12.4 Å². The molecule has 0 spiro atoms. The number of hydrogen-bond donors (Lipinski definition) is 1. The number of ether oxygens (including phenoxy) is 1. The Kier molecular flexibility index (Phi) is 2.73. The van der Waals surface area contributed by atoms with Gasteiger partial charge in [-0.3, -0.25) is 0 Å². The molecule has 0 aromatic heterocycles. The van der Waals surface area contributed by atoms with Crippen molar-refractivity contribution in [3.63, 3.8) is 0 Å². The van der Waals surface area contributed by atoms with Gasteiger partial charge in [0.05, 0.1) is 18.8 Å². The normalized spacial score (nSPS) is 19.1. The minimum absolute atomic E-state index is 0. The van der Waals surface area contributed by atoms with E-state index in [2.05, 4.69) is 0 Å². The lowest BCUT2D eigenvalue weighted by molar-refractivity contribution is -0.0569. The van der Waals surface area contributed by atoms with Crippen molar-refractivity contribution in [1.82, 2.24) is 0 Å². The lowest BCUT2D eigenvalue weighted by Crippen LogP contribution is -2.54. The molecular weight excluding hydrogens is 174 g/mol. The van der Waals surface area contributed by atoms with E-state index in [9.17, 15) is 0 Å². The van der Waals surface area contributed by atoms with Gasteiger partial charge >= 0.3 is 0 Å². The number of rotatable bonds is 1. The molecule has 0 amide bonds. The number of nitrogens with two attached hydrogens (primary N) is 1. The zero-order chi connectivity index (χ0) is 7.73. The van der Waals surface area contributed by atoms with E-state index < -0.39 is 0 Å². The summed E-state index contributed by atoms with van der Waals surface area (Å²) in [6.07, 6.45) is 0. The van der Waals surface area contributed by atoms with Crippen molar-refractivity contribution in [3.05, 3.63) is 35.9 Å². The van der Waals surface area contributed by atoms with Crippen molar-refractivity contribution in [2.45, 2.75) is 5.54 Å². The van der Waals surface area contributed by atoms with Crippen molar-refractivity contribution >= 4 is 12.4 Å².